The Morgan fingerprint density at radius 1 is 1.18 bits per heavy atom. The number of furan rings is 1. The van der Waals surface area contributed by atoms with Crippen LogP contribution >= 0.6 is 0 Å². The minimum atomic E-state index is -0.292. The zero-order valence-corrected chi connectivity index (χ0v) is 8.80. The second-order valence-corrected chi connectivity index (χ2v) is 3.77. The fraction of sp³-hybridized carbons (Fsp3) is 0.0769. The van der Waals surface area contributed by atoms with Gasteiger partial charge in [-0.15, -0.1) is 0 Å². The molecule has 0 atom stereocenters. The Bertz CT molecular complexity index is 610. The molecule has 0 bridgehead atoms. The topological polar surface area (TPSA) is 56.5 Å². The van der Waals surface area contributed by atoms with Gasteiger partial charge < -0.3 is 9.15 Å². The Morgan fingerprint density at radius 3 is 2.82 bits per heavy atom. The molecule has 4 heteroatoms. The van der Waals surface area contributed by atoms with Crippen LogP contribution in [0.4, 0.5) is 0 Å². The first-order chi connectivity index (χ1) is 8.28. The number of carbonyl (C=O) groups is 2. The minimum Gasteiger partial charge on any atom is -0.457 e. The van der Waals surface area contributed by atoms with Gasteiger partial charge in [0.1, 0.15) is 12.4 Å². The molecule has 4 nitrogen and oxygen atoms in total. The molecular formula is C13H8O4. The predicted octanol–water partition coefficient (Wildman–Crippen LogP) is 2.43. The Balaban J connectivity index is 2.05. The normalized spacial score (nSPS) is 13.3. The Labute approximate surface area is 96.8 Å². The zero-order valence-electron chi connectivity index (χ0n) is 8.80. The van der Waals surface area contributed by atoms with Crippen molar-refractivity contribution < 1.29 is 18.7 Å². The van der Waals surface area contributed by atoms with Crippen LogP contribution in [-0.4, -0.2) is 12.3 Å². The quantitative estimate of drug-likeness (QED) is 0.585. The maximum atomic E-state index is 11.3. The molecule has 0 aliphatic carbocycles. The molecule has 0 fully saturated rings. The molecule has 0 saturated heterocycles. The second-order valence-electron chi connectivity index (χ2n) is 3.77. The number of esters is 1. The SMILES string of the molecule is O=Cc1ccc(-c2ccc3c(c2)COC3=O)o1. The van der Waals surface area contributed by atoms with Crippen LogP contribution in [0, 0.1) is 0 Å². The number of benzene rings is 1. The average Bonchev–Trinajstić information content (AvgIpc) is 2.96. The van der Waals surface area contributed by atoms with Crippen molar-refractivity contribution in [3.05, 3.63) is 47.2 Å². The Morgan fingerprint density at radius 2 is 2.06 bits per heavy atom. The maximum absolute atomic E-state index is 11.3. The van der Waals surface area contributed by atoms with Crippen molar-refractivity contribution in [2.75, 3.05) is 0 Å². The fourth-order valence-electron chi connectivity index (χ4n) is 1.86. The van der Waals surface area contributed by atoms with Crippen molar-refractivity contribution in [1.82, 2.24) is 0 Å². The number of cyclic esters (lactones) is 1. The van der Waals surface area contributed by atoms with Gasteiger partial charge in [0, 0.05) is 11.1 Å². The zero-order chi connectivity index (χ0) is 11.8. The molecule has 0 amide bonds. The monoisotopic (exact) mass is 228 g/mol. The molecule has 84 valence electrons. The molecule has 3 rings (SSSR count). The van der Waals surface area contributed by atoms with Crippen molar-refractivity contribution in [3.8, 4) is 11.3 Å². The standard InChI is InChI=1S/C13H8O4/c14-6-10-2-4-12(17-10)8-1-3-11-9(5-8)7-16-13(11)15/h1-6H,7H2. The van der Waals surface area contributed by atoms with Gasteiger partial charge in [-0.25, -0.2) is 4.79 Å². The molecular weight excluding hydrogens is 220 g/mol. The van der Waals surface area contributed by atoms with E-state index in [1.807, 2.05) is 6.07 Å². The molecule has 1 aromatic carbocycles. The largest absolute Gasteiger partial charge is 0.457 e. The van der Waals surface area contributed by atoms with E-state index in [1.165, 1.54) is 0 Å². The highest BCUT2D eigenvalue weighted by Gasteiger charge is 2.21. The lowest BCUT2D eigenvalue weighted by Crippen LogP contribution is -1.92. The van der Waals surface area contributed by atoms with Gasteiger partial charge in [0.15, 0.2) is 12.0 Å². The Kier molecular flexibility index (Phi) is 2.08. The molecule has 0 spiro atoms. The van der Waals surface area contributed by atoms with Crippen molar-refractivity contribution in [2.24, 2.45) is 0 Å². The molecule has 1 aromatic heterocycles. The van der Waals surface area contributed by atoms with Crippen LogP contribution in [-0.2, 0) is 11.3 Å². The van der Waals surface area contributed by atoms with Crippen LogP contribution < -0.4 is 0 Å². The van der Waals surface area contributed by atoms with E-state index in [0.717, 1.165) is 11.1 Å². The van der Waals surface area contributed by atoms with E-state index < -0.39 is 0 Å². The molecule has 1 aliphatic rings. The lowest BCUT2D eigenvalue weighted by molar-refractivity contribution is 0.0535. The van der Waals surface area contributed by atoms with E-state index >= 15 is 0 Å². The van der Waals surface area contributed by atoms with Crippen LogP contribution in [0.2, 0.25) is 0 Å². The number of hydrogen-bond acceptors (Lipinski definition) is 4. The van der Waals surface area contributed by atoms with Gasteiger partial charge in [0.25, 0.3) is 0 Å². The van der Waals surface area contributed by atoms with Gasteiger partial charge in [-0.05, 0) is 24.3 Å². The van der Waals surface area contributed by atoms with E-state index in [0.29, 0.717) is 24.2 Å². The first-order valence-electron chi connectivity index (χ1n) is 5.13. The summed E-state index contributed by atoms with van der Waals surface area (Å²) < 4.78 is 10.2. The summed E-state index contributed by atoms with van der Waals surface area (Å²) in [7, 11) is 0. The summed E-state index contributed by atoms with van der Waals surface area (Å²) in [5.74, 6) is 0.599. The number of fused-ring (bicyclic) bond motifs is 1. The maximum Gasteiger partial charge on any atom is 0.338 e. The fourth-order valence-corrected chi connectivity index (χ4v) is 1.86. The summed E-state index contributed by atoms with van der Waals surface area (Å²) in [5.41, 5.74) is 2.27. The van der Waals surface area contributed by atoms with Crippen molar-refractivity contribution in [2.45, 2.75) is 6.61 Å². The summed E-state index contributed by atoms with van der Waals surface area (Å²) in [6, 6.07) is 8.66. The van der Waals surface area contributed by atoms with E-state index in [2.05, 4.69) is 0 Å². The highest BCUT2D eigenvalue weighted by molar-refractivity contribution is 5.94. The summed E-state index contributed by atoms with van der Waals surface area (Å²) in [4.78, 5) is 21.8. The third kappa shape index (κ3) is 1.54. The van der Waals surface area contributed by atoms with Gasteiger partial charge in [-0.1, -0.05) is 6.07 Å². The third-order valence-electron chi connectivity index (χ3n) is 2.71. The van der Waals surface area contributed by atoms with Gasteiger partial charge in [0.2, 0.25) is 0 Å². The smallest absolute Gasteiger partial charge is 0.338 e. The lowest BCUT2D eigenvalue weighted by atomic mass is 10.0. The summed E-state index contributed by atoms with van der Waals surface area (Å²) >= 11 is 0. The minimum absolute atomic E-state index is 0.285. The number of hydrogen-bond donors (Lipinski definition) is 0. The van der Waals surface area contributed by atoms with Crippen molar-refractivity contribution in [1.29, 1.82) is 0 Å². The third-order valence-corrected chi connectivity index (χ3v) is 2.71. The summed E-state index contributed by atoms with van der Waals surface area (Å²) in [5, 5.41) is 0. The van der Waals surface area contributed by atoms with Crippen molar-refractivity contribution >= 4 is 12.3 Å². The molecule has 17 heavy (non-hydrogen) atoms. The lowest BCUT2D eigenvalue weighted by Gasteiger charge is -1.99. The first kappa shape index (κ1) is 9.84. The second kappa shape index (κ2) is 3.59. The number of rotatable bonds is 2. The van der Waals surface area contributed by atoms with E-state index in [1.54, 1.807) is 24.3 Å². The Hall–Kier alpha value is -2.36. The molecule has 0 radical (unpaired) electrons. The molecule has 0 N–H and O–H groups in total. The van der Waals surface area contributed by atoms with Gasteiger partial charge >= 0.3 is 5.97 Å². The van der Waals surface area contributed by atoms with E-state index in [4.69, 9.17) is 9.15 Å². The van der Waals surface area contributed by atoms with Crippen LogP contribution in [0.15, 0.2) is 34.7 Å². The highest BCUT2D eigenvalue weighted by Crippen LogP contribution is 2.27. The molecule has 2 aromatic rings. The van der Waals surface area contributed by atoms with Crippen molar-refractivity contribution in [3.63, 3.8) is 0 Å². The van der Waals surface area contributed by atoms with Crippen LogP contribution in [0.5, 0.6) is 0 Å². The van der Waals surface area contributed by atoms with Crippen LogP contribution in [0.25, 0.3) is 11.3 Å². The number of carbonyl (C=O) groups excluding carboxylic acids is 2. The molecule has 2 heterocycles. The number of aldehydes is 1. The molecule has 0 unspecified atom stereocenters. The van der Waals surface area contributed by atoms with Crippen LogP contribution in [0.1, 0.15) is 26.5 Å². The molecule has 1 aliphatic heterocycles. The highest BCUT2D eigenvalue weighted by atomic mass is 16.5. The van der Waals surface area contributed by atoms with Gasteiger partial charge in [-0.3, -0.25) is 4.79 Å². The summed E-state index contributed by atoms with van der Waals surface area (Å²) in [6.45, 7) is 0.295. The summed E-state index contributed by atoms with van der Waals surface area (Å²) in [6.07, 6.45) is 0.656. The number of ether oxygens (including phenoxy) is 1. The van der Waals surface area contributed by atoms with E-state index in [9.17, 15) is 9.59 Å². The predicted molar refractivity (Wildman–Crippen MR) is 58.7 cm³/mol. The average molecular weight is 228 g/mol. The first-order valence-corrected chi connectivity index (χ1v) is 5.13. The van der Waals surface area contributed by atoms with E-state index in [-0.39, 0.29) is 11.7 Å². The van der Waals surface area contributed by atoms with Gasteiger partial charge in [-0.2, -0.15) is 0 Å². The van der Waals surface area contributed by atoms with Crippen LogP contribution in [0.3, 0.4) is 0 Å². The molecule has 0 saturated carbocycles. The van der Waals surface area contributed by atoms with Gasteiger partial charge in [0.05, 0.1) is 5.56 Å².